The van der Waals surface area contributed by atoms with Crippen LogP contribution < -0.4 is 5.32 Å². The largest absolute Gasteiger partial charge is 0.452 e. The Hall–Kier alpha value is -2.35. The summed E-state index contributed by atoms with van der Waals surface area (Å²) >= 11 is 1.43. The molecular formula is C16H14F3NO3S. The zero-order valence-electron chi connectivity index (χ0n) is 12.9. The Kier molecular flexibility index (Phi) is 5.28. The number of hydrogen-bond acceptors (Lipinski definition) is 4. The van der Waals surface area contributed by atoms with E-state index in [-0.39, 0.29) is 5.69 Å². The van der Waals surface area contributed by atoms with Crippen molar-refractivity contribution in [2.24, 2.45) is 0 Å². The van der Waals surface area contributed by atoms with E-state index in [9.17, 15) is 22.8 Å². The summed E-state index contributed by atoms with van der Waals surface area (Å²) < 4.78 is 42.7. The molecule has 0 aliphatic heterocycles. The van der Waals surface area contributed by atoms with E-state index >= 15 is 0 Å². The highest BCUT2D eigenvalue weighted by atomic mass is 32.1. The van der Waals surface area contributed by atoms with Gasteiger partial charge in [0.1, 0.15) is 0 Å². The summed E-state index contributed by atoms with van der Waals surface area (Å²) in [6.07, 6.45) is -4.50. The van der Waals surface area contributed by atoms with E-state index in [1.807, 2.05) is 6.92 Å². The Morgan fingerprint density at radius 1 is 1.21 bits per heavy atom. The summed E-state index contributed by atoms with van der Waals surface area (Å²) in [5.74, 6) is -1.36. The molecule has 0 fully saturated rings. The van der Waals surface area contributed by atoms with Crippen molar-refractivity contribution in [2.75, 3.05) is 11.9 Å². The fraction of sp³-hybridized carbons (Fsp3) is 0.250. The van der Waals surface area contributed by atoms with Gasteiger partial charge in [-0.3, -0.25) is 4.79 Å². The highest BCUT2D eigenvalue weighted by Gasteiger charge is 2.30. The molecular weight excluding hydrogens is 343 g/mol. The maximum absolute atomic E-state index is 12.6. The number of carbonyl (C=O) groups is 2. The third kappa shape index (κ3) is 4.58. The van der Waals surface area contributed by atoms with Crippen molar-refractivity contribution in [3.05, 3.63) is 51.2 Å². The van der Waals surface area contributed by atoms with Gasteiger partial charge in [-0.1, -0.05) is 6.07 Å². The van der Waals surface area contributed by atoms with Gasteiger partial charge in [0.05, 0.1) is 11.1 Å². The van der Waals surface area contributed by atoms with Crippen molar-refractivity contribution < 1.29 is 27.5 Å². The quantitative estimate of drug-likeness (QED) is 0.835. The normalized spacial score (nSPS) is 11.2. The third-order valence-corrected chi connectivity index (χ3v) is 4.03. The van der Waals surface area contributed by atoms with Gasteiger partial charge in [0, 0.05) is 15.4 Å². The van der Waals surface area contributed by atoms with Crippen molar-refractivity contribution in [1.29, 1.82) is 0 Å². The summed E-state index contributed by atoms with van der Waals surface area (Å²) in [6, 6.07) is 5.87. The predicted molar refractivity (Wildman–Crippen MR) is 84.1 cm³/mol. The van der Waals surface area contributed by atoms with E-state index in [0.29, 0.717) is 5.56 Å². The number of thiophene rings is 1. The minimum Gasteiger partial charge on any atom is -0.452 e. The van der Waals surface area contributed by atoms with Crippen LogP contribution in [0.2, 0.25) is 0 Å². The minimum absolute atomic E-state index is 0.0200. The number of hydrogen-bond donors (Lipinski definition) is 1. The van der Waals surface area contributed by atoms with Crippen LogP contribution in [0.4, 0.5) is 18.9 Å². The maximum atomic E-state index is 12.6. The van der Waals surface area contributed by atoms with E-state index in [4.69, 9.17) is 4.74 Å². The number of amides is 1. The molecule has 8 heteroatoms. The number of nitrogens with one attached hydrogen (secondary N) is 1. The van der Waals surface area contributed by atoms with Gasteiger partial charge in [-0.2, -0.15) is 13.2 Å². The Balaban J connectivity index is 1.94. The van der Waals surface area contributed by atoms with E-state index < -0.39 is 30.2 Å². The number of alkyl halides is 3. The van der Waals surface area contributed by atoms with Crippen molar-refractivity contribution >= 4 is 28.9 Å². The number of esters is 1. The molecule has 1 aromatic heterocycles. The fourth-order valence-electron chi connectivity index (χ4n) is 2.01. The number of ether oxygens (including phenoxy) is 1. The monoisotopic (exact) mass is 357 g/mol. The standard InChI is InChI=1S/C16H14F3NO3S/c1-9-6-13(10(2)24-9)15(22)23-8-14(21)20-12-5-3-4-11(7-12)16(17,18)19/h3-7H,8H2,1-2H3,(H,20,21). The molecule has 1 heterocycles. The topological polar surface area (TPSA) is 55.4 Å². The van der Waals surface area contributed by atoms with Crippen LogP contribution in [0.25, 0.3) is 0 Å². The molecule has 24 heavy (non-hydrogen) atoms. The summed E-state index contributed by atoms with van der Waals surface area (Å²) in [7, 11) is 0. The zero-order chi connectivity index (χ0) is 17.9. The fourth-order valence-corrected chi connectivity index (χ4v) is 2.92. The average Bonchev–Trinajstić information content (AvgIpc) is 2.83. The lowest BCUT2D eigenvalue weighted by Crippen LogP contribution is -2.21. The number of rotatable bonds is 4. The smallest absolute Gasteiger partial charge is 0.416 e. The molecule has 1 aromatic carbocycles. The lowest BCUT2D eigenvalue weighted by Gasteiger charge is -2.10. The molecule has 1 N–H and O–H groups in total. The van der Waals surface area contributed by atoms with Crippen molar-refractivity contribution in [3.63, 3.8) is 0 Å². The Morgan fingerprint density at radius 3 is 2.50 bits per heavy atom. The second-order valence-corrected chi connectivity index (χ2v) is 6.49. The highest BCUT2D eigenvalue weighted by molar-refractivity contribution is 7.12. The van der Waals surface area contributed by atoms with Crippen molar-refractivity contribution in [3.8, 4) is 0 Å². The average molecular weight is 357 g/mol. The molecule has 2 aromatic rings. The molecule has 128 valence electrons. The molecule has 4 nitrogen and oxygen atoms in total. The molecule has 0 radical (unpaired) electrons. The van der Waals surface area contributed by atoms with Crippen LogP contribution in [0, 0.1) is 13.8 Å². The van der Waals surface area contributed by atoms with Crippen LogP contribution in [0.15, 0.2) is 30.3 Å². The third-order valence-electron chi connectivity index (χ3n) is 3.07. The number of aryl methyl sites for hydroxylation is 2. The van der Waals surface area contributed by atoms with Gasteiger partial charge in [0.15, 0.2) is 6.61 Å². The van der Waals surface area contributed by atoms with Gasteiger partial charge >= 0.3 is 12.1 Å². The van der Waals surface area contributed by atoms with Gasteiger partial charge in [0.25, 0.3) is 5.91 Å². The maximum Gasteiger partial charge on any atom is 0.416 e. The van der Waals surface area contributed by atoms with E-state index in [2.05, 4.69) is 5.32 Å². The van der Waals surface area contributed by atoms with Crippen LogP contribution in [0.1, 0.15) is 25.7 Å². The molecule has 0 unspecified atom stereocenters. The SMILES string of the molecule is Cc1cc(C(=O)OCC(=O)Nc2cccc(C(F)(F)F)c2)c(C)s1. The number of anilines is 1. The number of benzene rings is 1. The van der Waals surface area contributed by atoms with Crippen LogP contribution in [0.5, 0.6) is 0 Å². The van der Waals surface area contributed by atoms with E-state index in [1.165, 1.54) is 23.5 Å². The van der Waals surface area contributed by atoms with Crippen molar-refractivity contribution in [2.45, 2.75) is 20.0 Å². The molecule has 0 aliphatic rings. The van der Waals surface area contributed by atoms with Gasteiger partial charge in [0.2, 0.25) is 0 Å². The first-order valence-corrected chi connectivity index (χ1v) is 7.70. The summed E-state index contributed by atoms with van der Waals surface area (Å²) in [4.78, 5) is 25.3. The molecule has 0 bridgehead atoms. The van der Waals surface area contributed by atoms with Crippen LogP contribution in [-0.4, -0.2) is 18.5 Å². The second-order valence-electron chi connectivity index (χ2n) is 5.03. The zero-order valence-corrected chi connectivity index (χ0v) is 13.7. The van der Waals surface area contributed by atoms with Crippen LogP contribution in [-0.2, 0) is 15.7 Å². The van der Waals surface area contributed by atoms with Gasteiger partial charge in [-0.15, -0.1) is 11.3 Å². The molecule has 2 rings (SSSR count). The first-order valence-electron chi connectivity index (χ1n) is 6.88. The van der Waals surface area contributed by atoms with Gasteiger partial charge in [-0.25, -0.2) is 4.79 Å². The highest BCUT2D eigenvalue weighted by Crippen LogP contribution is 2.30. The Morgan fingerprint density at radius 2 is 1.92 bits per heavy atom. The Bertz CT molecular complexity index is 768. The van der Waals surface area contributed by atoms with Crippen molar-refractivity contribution in [1.82, 2.24) is 0 Å². The van der Waals surface area contributed by atoms with Gasteiger partial charge < -0.3 is 10.1 Å². The van der Waals surface area contributed by atoms with E-state index in [1.54, 1.807) is 13.0 Å². The molecule has 1 amide bonds. The minimum atomic E-state index is -4.50. The first kappa shape index (κ1) is 18.0. The second kappa shape index (κ2) is 7.04. The molecule has 0 aliphatic carbocycles. The Labute approximate surface area is 140 Å². The lowest BCUT2D eigenvalue weighted by molar-refractivity contribution is -0.137. The lowest BCUT2D eigenvalue weighted by atomic mass is 10.2. The molecule has 0 spiro atoms. The van der Waals surface area contributed by atoms with Gasteiger partial charge in [-0.05, 0) is 38.1 Å². The van der Waals surface area contributed by atoms with Crippen LogP contribution >= 0.6 is 11.3 Å². The number of carbonyl (C=O) groups excluding carboxylic acids is 2. The molecule has 0 saturated carbocycles. The predicted octanol–water partition coefficient (Wildman–Crippen LogP) is 4.18. The van der Waals surface area contributed by atoms with E-state index in [0.717, 1.165) is 21.9 Å². The summed E-state index contributed by atoms with van der Waals surface area (Å²) in [5, 5.41) is 2.27. The summed E-state index contributed by atoms with van der Waals surface area (Å²) in [6.45, 7) is 3.02. The summed E-state index contributed by atoms with van der Waals surface area (Å²) in [5.41, 5.74) is -0.514. The number of halogens is 3. The first-order chi connectivity index (χ1) is 11.2. The van der Waals surface area contributed by atoms with Crippen LogP contribution in [0.3, 0.4) is 0 Å². The molecule has 0 atom stereocenters. The molecule has 0 saturated heterocycles.